The fraction of sp³-hybridized carbons (Fsp3) is 0.200. The van der Waals surface area contributed by atoms with Crippen molar-refractivity contribution in [3.63, 3.8) is 0 Å². The second-order valence-corrected chi connectivity index (χ2v) is 6.21. The maximum atomic E-state index is 11.8. The van der Waals surface area contributed by atoms with Gasteiger partial charge in [-0.15, -0.1) is 0 Å². The van der Waals surface area contributed by atoms with Crippen LogP contribution in [0.4, 0.5) is 0 Å². The summed E-state index contributed by atoms with van der Waals surface area (Å²) in [5, 5.41) is 3.06. The Labute approximate surface area is 166 Å². The molecule has 1 aliphatic heterocycles. The number of methoxy groups -OCH3 is 1. The normalized spacial score (nSPS) is 12.1. The van der Waals surface area contributed by atoms with Crippen LogP contribution in [-0.2, 0) is 20.9 Å². The summed E-state index contributed by atoms with van der Waals surface area (Å²) in [7, 11) is 1.58. The van der Waals surface area contributed by atoms with Crippen LogP contribution < -0.4 is 19.5 Å². The number of fused-ring (bicyclic) bond motifs is 1. The Balaban J connectivity index is 1.44. The van der Waals surface area contributed by atoms with E-state index in [1.165, 1.54) is 12.2 Å². The summed E-state index contributed by atoms with van der Waals surface area (Å²) in [6.07, 6.45) is 2.73. The predicted molar refractivity (Wildman–Crippen MR) is 102 cm³/mol. The molecule has 2 aromatic carbocycles. The van der Waals surface area contributed by atoms with E-state index in [0.717, 1.165) is 11.3 Å². The summed E-state index contributed by atoms with van der Waals surface area (Å²) in [6, 6.07) is 10.6. The van der Waals surface area contributed by atoms with Crippen LogP contribution in [0.5, 0.6) is 17.2 Å². The zero-order chi connectivity index (χ0) is 19.9. The molecule has 0 fully saturated rings. The number of rotatable bonds is 7. The molecule has 0 saturated carbocycles. The van der Waals surface area contributed by atoms with E-state index in [2.05, 4.69) is 5.32 Å². The molecule has 0 bridgehead atoms. The van der Waals surface area contributed by atoms with Crippen molar-refractivity contribution in [2.75, 3.05) is 20.5 Å². The van der Waals surface area contributed by atoms with Crippen molar-refractivity contribution in [3.8, 4) is 17.2 Å². The first kappa shape index (κ1) is 19.6. The number of ether oxygens (including phenoxy) is 4. The van der Waals surface area contributed by atoms with Gasteiger partial charge < -0.3 is 24.3 Å². The van der Waals surface area contributed by atoms with Crippen LogP contribution in [0.2, 0.25) is 5.02 Å². The van der Waals surface area contributed by atoms with Crippen LogP contribution in [0.1, 0.15) is 11.1 Å². The van der Waals surface area contributed by atoms with Gasteiger partial charge in [0.05, 0.1) is 12.1 Å². The molecular formula is C20H18ClNO6. The average molecular weight is 404 g/mol. The van der Waals surface area contributed by atoms with Crippen molar-refractivity contribution in [3.05, 3.63) is 58.6 Å². The number of halogens is 1. The minimum Gasteiger partial charge on any atom is -0.497 e. The highest BCUT2D eigenvalue weighted by Gasteiger charge is 2.17. The van der Waals surface area contributed by atoms with E-state index in [-0.39, 0.29) is 13.4 Å². The molecule has 0 aromatic heterocycles. The SMILES string of the molecule is COc1ccc(CNC(=O)COC(=O)/C=C/c2cc(Cl)c3c(c2)OCO3)cc1. The van der Waals surface area contributed by atoms with E-state index in [1.807, 2.05) is 12.1 Å². The summed E-state index contributed by atoms with van der Waals surface area (Å²) in [5.41, 5.74) is 1.55. The van der Waals surface area contributed by atoms with Crippen LogP contribution in [0.15, 0.2) is 42.5 Å². The van der Waals surface area contributed by atoms with Crippen LogP contribution >= 0.6 is 11.6 Å². The molecule has 1 N–H and O–H groups in total. The van der Waals surface area contributed by atoms with Gasteiger partial charge in [-0.3, -0.25) is 4.79 Å². The van der Waals surface area contributed by atoms with Crippen molar-refractivity contribution in [1.29, 1.82) is 0 Å². The first-order valence-corrected chi connectivity index (χ1v) is 8.76. The van der Waals surface area contributed by atoms with Crippen LogP contribution in [-0.4, -0.2) is 32.4 Å². The van der Waals surface area contributed by atoms with Crippen molar-refractivity contribution >= 4 is 29.6 Å². The van der Waals surface area contributed by atoms with Gasteiger partial charge in [0.15, 0.2) is 18.1 Å². The van der Waals surface area contributed by atoms with Gasteiger partial charge in [-0.1, -0.05) is 23.7 Å². The molecule has 8 heteroatoms. The summed E-state index contributed by atoms with van der Waals surface area (Å²) in [4.78, 5) is 23.6. The number of esters is 1. The highest BCUT2D eigenvalue weighted by molar-refractivity contribution is 6.32. The zero-order valence-corrected chi connectivity index (χ0v) is 15.8. The van der Waals surface area contributed by atoms with E-state index >= 15 is 0 Å². The van der Waals surface area contributed by atoms with Crippen molar-refractivity contribution < 1.29 is 28.5 Å². The Morgan fingerprint density at radius 2 is 2.00 bits per heavy atom. The third-order valence-electron chi connectivity index (χ3n) is 3.86. The Bertz CT molecular complexity index is 894. The maximum absolute atomic E-state index is 11.8. The van der Waals surface area contributed by atoms with E-state index in [0.29, 0.717) is 28.6 Å². The smallest absolute Gasteiger partial charge is 0.331 e. The highest BCUT2D eigenvalue weighted by atomic mass is 35.5. The Hall–Kier alpha value is -3.19. The molecule has 3 rings (SSSR count). The van der Waals surface area contributed by atoms with Crippen molar-refractivity contribution in [2.24, 2.45) is 0 Å². The number of carbonyl (C=O) groups excluding carboxylic acids is 2. The summed E-state index contributed by atoms with van der Waals surface area (Å²) < 4.78 is 20.5. The molecule has 28 heavy (non-hydrogen) atoms. The second kappa shape index (κ2) is 9.14. The van der Waals surface area contributed by atoms with Gasteiger partial charge in [-0.05, 0) is 41.5 Å². The largest absolute Gasteiger partial charge is 0.497 e. The molecule has 0 atom stereocenters. The quantitative estimate of drug-likeness (QED) is 0.565. The topological polar surface area (TPSA) is 83.1 Å². The summed E-state index contributed by atoms with van der Waals surface area (Å²) in [5.74, 6) is 0.685. The Morgan fingerprint density at radius 3 is 2.75 bits per heavy atom. The van der Waals surface area contributed by atoms with Gasteiger partial charge in [0.1, 0.15) is 5.75 Å². The molecule has 0 unspecified atom stereocenters. The lowest BCUT2D eigenvalue weighted by atomic mass is 10.2. The Kier molecular flexibility index (Phi) is 6.39. The lowest BCUT2D eigenvalue weighted by Gasteiger charge is -2.06. The van der Waals surface area contributed by atoms with Crippen molar-refractivity contribution in [2.45, 2.75) is 6.54 Å². The lowest BCUT2D eigenvalue weighted by molar-refractivity contribution is -0.143. The van der Waals surface area contributed by atoms with Crippen LogP contribution in [0, 0.1) is 0 Å². The van der Waals surface area contributed by atoms with Gasteiger partial charge in [0, 0.05) is 12.6 Å². The van der Waals surface area contributed by atoms with E-state index in [9.17, 15) is 9.59 Å². The summed E-state index contributed by atoms with van der Waals surface area (Å²) >= 11 is 6.08. The Morgan fingerprint density at radius 1 is 1.21 bits per heavy atom. The molecule has 1 heterocycles. The molecule has 0 radical (unpaired) electrons. The number of hydrogen-bond donors (Lipinski definition) is 1. The third-order valence-corrected chi connectivity index (χ3v) is 4.14. The lowest BCUT2D eigenvalue weighted by Crippen LogP contribution is -2.28. The van der Waals surface area contributed by atoms with Gasteiger partial charge >= 0.3 is 5.97 Å². The minimum absolute atomic E-state index is 0.107. The second-order valence-electron chi connectivity index (χ2n) is 5.80. The van der Waals surface area contributed by atoms with E-state index < -0.39 is 11.9 Å². The molecule has 146 valence electrons. The van der Waals surface area contributed by atoms with Gasteiger partial charge in [0.2, 0.25) is 6.79 Å². The number of benzene rings is 2. The first-order chi connectivity index (χ1) is 13.5. The van der Waals surface area contributed by atoms with Gasteiger partial charge in [-0.2, -0.15) is 0 Å². The van der Waals surface area contributed by atoms with Crippen LogP contribution in [0.3, 0.4) is 0 Å². The maximum Gasteiger partial charge on any atom is 0.331 e. The molecule has 0 spiro atoms. The standard InChI is InChI=1S/C20H18ClNO6/c1-25-15-5-2-13(3-6-15)10-22-18(23)11-26-19(24)7-4-14-8-16(21)20-17(9-14)27-12-28-20/h2-9H,10-12H2,1H3,(H,22,23)/b7-4+. The molecule has 1 amide bonds. The number of carbonyl (C=O) groups is 2. The number of hydrogen-bond acceptors (Lipinski definition) is 6. The monoisotopic (exact) mass is 403 g/mol. The molecule has 7 nitrogen and oxygen atoms in total. The molecule has 2 aromatic rings. The average Bonchev–Trinajstić information content (AvgIpc) is 3.19. The third kappa shape index (κ3) is 5.17. The molecule has 0 saturated heterocycles. The number of amides is 1. The van der Waals surface area contributed by atoms with Gasteiger partial charge in [0.25, 0.3) is 5.91 Å². The van der Waals surface area contributed by atoms with Crippen molar-refractivity contribution in [1.82, 2.24) is 5.32 Å². The molecular weight excluding hydrogens is 386 g/mol. The van der Waals surface area contributed by atoms with Crippen LogP contribution in [0.25, 0.3) is 6.08 Å². The summed E-state index contributed by atoms with van der Waals surface area (Å²) in [6.45, 7) is 0.0586. The molecule has 0 aliphatic carbocycles. The number of nitrogens with one attached hydrogen (secondary N) is 1. The highest BCUT2D eigenvalue weighted by Crippen LogP contribution is 2.40. The first-order valence-electron chi connectivity index (χ1n) is 8.39. The minimum atomic E-state index is -0.645. The fourth-order valence-corrected chi connectivity index (χ4v) is 2.70. The fourth-order valence-electron chi connectivity index (χ4n) is 2.43. The van der Waals surface area contributed by atoms with Gasteiger partial charge in [-0.25, -0.2) is 4.79 Å². The van der Waals surface area contributed by atoms with E-state index in [1.54, 1.807) is 31.4 Å². The zero-order valence-electron chi connectivity index (χ0n) is 15.1. The molecule has 1 aliphatic rings. The predicted octanol–water partition coefficient (Wildman–Crippen LogP) is 2.95. The van der Waals surface area contributed by atoms with E-state index in [4.69, 9.17) is 30.5 Å².